The van der Waals surface area contributed by atoms with Crippen LogP contribution >= 0.6 is 11.6 Å². The Hall–Kier alpha value is -1.65. The monoisotopic (exact) mass is 277 g/mol. The number of benzene rings is 1. The molecule has 0 saturated heterocycles. The second kappa shape index (κ2) is 5.99. The molecule has 0 aliphatic carbocycles. The lowest BCUT2D eigenvalue weighted by atomic mass is 10.2. The molecule has 0 spiro atoms. The van der Waals surface area contributed by atoms with Gasteiger partial charge in [-0.1, -0.05) is 23.7 Å². The van der Waals surface area contributed by atoms with Gasteiger partial charge >= 0.3 is 0 Å². The maximum Gasteiger partial charge on any atom is 0.172 e. The standard InChI is InChI=1S/C14H16ClN3O/c1-9-10(2)17-14(13(15)16-9)18-12-6-4-5-11(7-12)8-19-3/h4-7H,8H2,1-3H3,(H,17,18). The topological polar surface area (TPSA) is 47.0 Å². The molecule has 1 aromatic carbocycles. The summed E-state index contributed by atoms with van der Waals surface area (Å²) in [6.07, 6.45) is 0. The van der Waals surface area contributed by atoms with E-state index in [1.165, 1.54) is 0 Å². The number of ether oxygens (including phenoxy) is 1. The van der Waals surface area contributed by atoms with Crippen LogP contribution in [-0.4, -0.2) is 17.1 Å². The summed E-state index contributed by atoms with van der Waals surface area (Å²) >= 11 is 6.09. The van der Waals surface area contributed by atoms with E-state index in [1.807, 2.05) is 38.1 Å². The van der Waals surface area contributed by atoms with Gasteiger partial charge < -0.3 is 10.1 Å². The number of hydrogen-bond acceptors (Lipinski definition) is 4. The quantitative estimate of drug-likeness (QED) is 0.927. The maximum absolute atomic E-state index is 6.09. The van der Waals surface area contributed by atoms with Crippen LogP contribution in [0.3, 0.4) is 0 Å². The number of halogens is 1. The highest BCUT2D eigenvalue weighted by Gasteiger charge is 2.07. The molecule has 1 heterocycles. The first kappa shape index (κ1) is 13.8. The summed E-state index contributed by atoms with van der Waals surface area (Å²) in [4.78, 5) is 8.65. The van der Waals surface area contributed by atoms with Gasteiger partial charge in [-0.2, -0.15) is 0 Å². The molecule has 1 aromatic heterocycles. The molecule has 5 heteroatoms. The molecule has 0 radical (unpaired) electrons. The summed E-state index contributed by atoms with van der Waals surface area (Å²) in [5.41, 5.74) is 3.69. The number of aromatic nitrogens is 2. The average molecular weight is 278 g/mol. The van der Waals surface area contributed by atoms with Gasteiger partial charge in [-0.25, -0.2) is 9.97 Å². The third kappa shape index (κ3) is 3.43. The molecule has 1 N–H and O–H groups in total. The van der Waals surface area contributed by atoms with E-state index in [2.05, 4.69) is 15.3 Å². The Bertz CT molecular complexity index is 587. The Labute approximate surface area is 117 Å². The minimum atomic E-state index is 0.375. The van der Waals surface area contributed by atoms with Crippen molar-refractivity contribution in [2.24, 2.45) is 0 Å². The van der Waals surface area contributed by atoms with Gasteiger partial charge in [-0.15, -0.1) is 0 Å². The fraction of sp³-hybridized carbons (Fsp3) is 0.286. The Balaban J connectivity index is 2.25. The Kier molecular flexibility index (Phi) is 4.35. The number of hydrogen-bond donors (Lipinski definition) is 1. The highest BCUT2D eigenvalue weighted by atomic mass is 35.5. The van der Waals surface area contributed by atoms with Crippen molar-refractivity contribution in [1.29, 1.82) is 0 Å². The van der Waals surface area contributed by atoms with E-state index in [0.29, 0.717) is 17.6 Å². The molecule has 0 fully saturated rings. The molecule has 0 aliphatic heterocycles. The predicted molar refractivity (Wildman–Crippen MR) is 77.0 cm³/mol. The third-order valence-electron chi connectivity index (χ3n) is 2.77. The van der Waals surface area contributed by atoms with Crippen LogP contribution in [0.1, 0.15) is 17.0 Å². The number of nitrogens with zero attached hydrogens (tertiary/aromatic N) is 2. The molecule has 100 valence electrons. The van der Waals surface area contributed by atoms with Gasteiger partial charge in [0.05, 0.1) is 18.0 Å². The summed E-state index contributed by atoms with van der Waals surface area (Å²) in [7, 11) is 1.67. The Morgan fingerprint density at radius 2 is 1.95 bits per heavy atom. The fourth-order valence-corrected chi connectivity index (χ4v) is 1.91. The molecule has 4 nitrogen and oxygen atoms in total. The molecule has 0 aliphatic rings. The SMILES string of the molecule is COCc1cccc(Nc2nc(C)c(C)nc2Cl)c1. The number of methoxy groups -OCH3 is 1. The third-order valence-corrected chi connectivity index (χ3v) is 3.03. The van der Waals surface area contributed by atoms with Gasteiger partial charge in [0.15, 0.2) is 11.0 Å². The summed E-state index contributed by atoms with van der Waals surface area (Å²) in [5, 5.41) is 3.55. The van der Waals surface area contributed by atoms with Crippen LogP contribution < -0.4 is 5.32 Å². The van der Waals surface area contributed by atoms with Crippen molar-refractivity contribution in [3.63, 3.8) is 0 Å². The average Bonchev–Trinajstić information content (AvgIpc) is 2.37. The van der Waals surface area contributed by atoms with Crippen molar-refractivity contribution >= 4 is 23.1 Å². The van der Waals surface area contributed by atoms with E-state index < -0.39 is 0 Å². The van der Waals surface area contributed by atoms with Crippen LogP contribution in [-0.2, 0) is 11.3 Å². The zero-order valence-electron chi connectivity index (χ0n) is 11.2. The molecule has 0 atom stereocenters. The van der Waals surface area contributed by atoms with Crippen molar-refractivity contribution in [2.45, 2.75) is 20.5 Å². The minimum absolute atomic E-state index is 0.375. The van der Waals surface area contributed by atoms with E-state index in [1.54, 1.807) is 7.11 Å². The van der Waals surface area contributed by atoms with Gasteiger partial charge in [0.25, 0.3) is 0 Å². The molecule has 0 saturated carbocycles. The second-order valence-corrected chi connectivity index (χ2v) is 4.65. The first-order valence-electron chi connectivity index (χ1n) is 5.96. The fourth-order valence-electron chi connectivity index (χ4n) is 1.70. The van der Waals surface area contributed by atoms with Crippen molar-refractivity contribution < 1.29 is 4.74 Å². The summed E-state index contributed by atoms with van der Waals surface area (Å²) in [5.74, 6) is 0.569. The van der Waals surface area contributed by atoms with Crippen LogP contribution in [0.15, 0.2) is 24.3 Å². The summed E-state index contributed by atoms with van der Waals surface area (Å²) in [6.45, 7) is 4.37. The van der Waals surface area contributed by atoms with Crippen LogP contribution in [0, 0.1) is 13.8 Å². The lowest BCUT2D eigenvalue weighted by Gasteiger charge is -2.10. The zero-order valence-corrected chi connectivity index (χ0v) is 12.0. The van der Waals surface area contributed by atoms with Gasteiger partial charge in [0.1, 0.15) is 0 Å². The van der Waals surface area contributed by atoms with E-state index in [4.69, 9.17) is 16.3 Å². The summed E-state index contributed by atoms with van der Waals surface area (Å²) in [6, 6.07) is 7.91. The highest BCUT2D eigenvalue weighted by Crippen LogP contribution is 2.23. The van der Waals surface area contributed by atoms with Crippen LogP contribution in [0.5, 0.6) is 0 Å². The first-order valence-corrected chi connectivity index (χ1v) is 6.33. The van der Waals surface area contributed by atoms with E-state index in [-0.39, 0.29) is 0 Å². The van der Waals surface area contributed by atoms with E-state index in [0.717, 1.165) is 22.6 Å². The van der Waals surface area contributed by atoms with Crippen molar-refractivity contribution in [2.75, 3.05) is 12.4 Å². The number of rotatable bonds is 4. The maximum atomic E-state index is 6.09. The zero-order chi connectivity index (χ0) is 13.8. The molecule has 0 unspecified atom stereocenters. The van der Waals surface area contributed by atoms with Crippen LogP contribution in [0.25, 0.3) is 0 Å². The van der Waals surface area contributed by atoms with Gasteiger partial charge in [-0.3, -0.25) is 0 Å². The van der Waals surface area contributed by atoms with E-state index in [9.17, 15) is 0 Å². The van der Waals surface area contributed by atoms with Crippen LogP contribution in [0.2, 0.25) is 5.15 Å². The van der Waals surface area contributed by atoms with Crippen molar-refractivity contribution in [3.8, 4) is 0 Å². The second-order valence-electron chi connectivity index (χ2n) is 4.29. The van der Waals surface area contributed by atoms with Gasteiger partial charge in [0.2, 0.25) is 0 Å². The summed E-state index contributed by atoms with van der Waals surface area (Å²) < 4.78 is 5.11. The van der Waals surface area contributed by atoms with Crippen molar-refractivity contribution in [3.05, 3.63) is 46.4 Å². The van der Waals surface area contributed by atoms with Gasteiger partial charge in [-0.05, 0) is 31.5 Å². The molecule has 2 aromatic rings. The largest absolute Gasteiger partial charge is 0.380 e. The minimum Gasteiger partial charge on any atom is -0.380 e. The lowest BCUT2D eigenvalue weighted by molar-refractivity contribution is 0.185. The molecular formula is C14H16ClN3O. The highest BCUT2D eigenvalue weighted by molar-refractivity contribution is 6.31. The van der Waals surface area contributed by atoms with Crippen LogP contribution in [0.4, 0.5) is 11.5 Å². The molecule has 2 rings (SSSR count). The van der Waals surface area contributed by atoms with Gasteiger partial charge in [0, 0.05) is 12.8 Å². The Morgan fingerprint density at radius 1 is 1.21 bits per heavy atom. The molecule has 0 amide bonds. The lowest BCUT2D eigenvalue weighted by Crippen LogP contribution is -2.01. The number of anilines is 2. The van der Waals surface area contributed by atoms with E-state index >= 15 is 0 Å². The molecule has 19 heavy (non-hydrogen) atoms. The van der Waals surface area contributed by atoms with Crippen molar-refractivity contribution in [1.82, 2.24) is 9.97 Å². The normalized spacial score (nSPS) is 10.5. The smallest absolute Gasteiger partial charge is 0.172 e. The predicted octanol–water partition coefficient (Wildman–Crippen LogP) is 3.64. The Morgan fingerprint density at radius 3 is 2.68 bits per heavy atom. The number of aryl methyl sites for hydroxylation is 2. The molecule has 0 bridgehead atoms. The number of nitrogens with one attached hydrogen (secondary N) is 1. The first-order chi connectivity index (χ1) is 9.10. The molecular weight excluding hydrogens is 262 g/mol.